The molecule has 0 spiro atoms. The predicted molar refractivity (Wildman–Crippen MR) is 119 cm³/mol. The van der Waals surface area contributed by atoms with Crippen LogP contribution in [-0.2, 0) is 0 Å². The lowest BCUT2D eigenvalue weighted by Gasteiger charge is -1.97. The highest BCUT2D eigenvalue weighted by atomic mass is 16.2. The molecule has 0 aromatic rings. The van der Waals surface area contributed by atoms with E-state index in [2.05, 4.69) is 13.8 Å². The van der Waals surface area contributed by atoms with Crippen LogP contribution in [0.2, 0.25) is 0 Å². The Morgan fingerprint density at radius 2 is 0.852 bits per heavy atom. The van der Waals surface area contributed by atoms with Crippen molar-refractivity contribution in [1.29, 1.82) is 16.2 Å². The highest BCUT2D eigenvalue weighted by molar-refractivity contribution is 5.77. The van der Waals surface area contributed by atoms with Crippen molar-refractivity contribution in [3.05, 3.63) is 0 Å². The minimum absolute atomic E-state index is 0.268. The molecule has 0 unspecified atom stereocenters. The summed E-state index contributed by atoms with van der Waals surface area (Å²) >= 11 is 0. The highest BCUT2D eigenvalue weighted by Gasteiger charge is 1.90. The van der Waals surface area contributed by atoms with Gasteiger partial charge in [0.1, 0.15) is 0 Å². The summed E-state index contributed by atoms with van der Waals surface area (Å²) in [5.74, 6) is 0.911. The van der Waals surface area contributed by atoms with Crippen LogP contribution in [0.1, 0.15) is 104 Å². The molecule has 27 heavy (non-hydrogen) atoms. The van der Waals surface area contributed by atoms with Gasteiger partial charge in [-0.15, -0.1) is 0 Å². The van der Waals surface area contributed by atoms with E-state index < -0.39 is 0 Å². The van der Waals surface area contributed by atoms with Gasteiger partial charge in [-0.25, -0.2) is 0 Å². The Labute approximate surface area is 167 Å². The van der Waals surface area contributed by atoms with Crippen LogP contribution in [0.25, 0.3) is 0 Å². The number of nitrogens with two attached hydrogens (primary N) is 3. The van der Waals surface area contributed by atoms with Crippen LogP contribution in [0.4, 0.5) is 0 Å². The van der Waals surface area contributed by atoms with Gasteiger partial charge in [0.15, 0.2) is 0 Å². The summed E-state index contributed by atoms with van der Waals surface area (Å²) in [6, 6.07) is 0. The van der Waals surface area contributed by atoms with Gasteiger partial charge in [-0.05, 0) is 25.7 Å². The number of aliphatic hydroxyl groups is 1. The van der Waals surface area contributed by atoms with Gasteiger partial charge in [-0.2, -0.15) is 0 Å². The monoisotopic (exact) mass is 386 g/mol. The fraction of sp³-hybridized carbons (Fsp3) is 0.850. The number of hydrogen-bond donors (Lipinski definition) is 7. The molecule has 7 nitrogen and oxygen atoms in total. The molecule has 0 aromatic heterocycles. The summed E-state index contributed by atoms with van der Waals surface area (Å²) in [6.45, 7) is 4.59. The normalized spacial score (nSPS) is 9.44. The van der Waals surface area contributed by atoms with E-state index >= 15 is 0 Å². The molecule has 0 rings (SSSR count). The zero-order chi connectivity index (χ0) is 21.3. The van der Waals surface area contributed by atoms with E-state index in [1.54, 1.807) is 0 Å². The molecule has 0 bridgehead atoms. The zero-order valence-corrected chi connectivity index (χ0v) is 17.8. The van der Waals surface area contributed by atoms with Gasteiger partial charge in [-0.3, -0.25) is 16.2 Å². The molecule has 0 aliphatic heterocycles. The molecule has 0 radical (unpaired) electrons. The Morgan fingerprint density at radius 3 is 1.19 bits per heavy atom. The first kappa shape index (κ1) is 30.1. The largest absolute Gasteiger partial charge is 0.396 e. The third-order valence-corrected chi connectivity index (χ3v) is 3.70. The summed E-state index contributed by atoms with van der Waals surface area (Å²) in [4.78, 5) is 0. The fourth-order valence-corrected chi connectivity index (χ4v) is 2.09. The molecule has 0 fully saturated rings. The maximum Gasteiger partial charge on any atom is 0.0905 e. The molecule has 0 atom stereocenters. The summed E-state index contributed by atoms with van der Waals surface area (Å²) in [5, 5.41) is 29.1. The topological polar surface area (TPSA) is 170 Å². The van der Waals surface area contributed by atoms with E-state index in [4.69, 9.17) is 38.5 Å². The van der Waals surface area contributed by atoms with Crippen molar-refractivity contribution in [1.82, 2.24) is 0 Å². The molecule has 0 aromatic carbocycles. The average Bonchev–Trinajstić information content (AvgIpc) is 2.59. The molecule has 0 saturated carbocycles. The van der Waals surface area contributed by atoms with Crippen molar-refractivity contribution in [3.63, 3.8) is 0 Å². The van der Waals surface area contributed by atoms with E-state index in [0.29, 0.717) is 18.1 Å². The zero-order valence-electron chi connectivity index (χ0n) is 17.8. The van der Waals surface area contributed by atoms with Gasteiger partial charge in [0, 0.05) is 25.9 Å². The number of amidine groups is 3. The average molecular weight is 387 g/mol. The summed E-state index contributed by atoms with van der Waals surface area (Å²) in [6.07, 6.45) is 14.5. The molecule has 7 heteroatoms. The fourth-order valence-electron chi connectivity index (χ4n) is 2.09. The van der Waals surface area contributed by atoms with Crippen LogP contribution in [0.5, 0.6) is 0 Å². The maximum absolute atomic E-state index is 8.41. The lowest BCUT2D eigenvalue weighted by atomic mass is 10.1. The predicted octanol–water partition coefficient (Wildman–Crippen LogP) is 4.26. The van der Waals surface area contributed by atoms with Gasteiger partial charge >= 0.3 is 0 Å². The molecule has 0 aliphatic carbocycles. The number of nitrogens with one attached hydrogen (secondary N) is 3. The summed E-state index contributed by atoms with van der Waals surface area (Å²) in [7, 11) is 0. The molecule has 0 aliphatic rings. The van der Waals surface area contributed by atoms with E-state index in [-0.39, 0.29) is 12.4 Å². The standard InChI is InChI=1S/C7H16N2O.C7H16N2.C6H14N2/c8-7(9)5-3-1-2-4-6-10;1-2-3-4-5-6-7(8)9;1-2-3-4-5-6(7)8/h10H,1-6H2,(H3,8,9);2-6H2,1H3,(H3,8,9);2-5H2,1H3,(H3,7,8). The Kier molecular flexibility index (Phi) is 29.7. The quantitative estimate of drug-likeness (QED) is 0.127. The van der Waals surface area contributed by atoms with Crippen molar-refractivity contribution in [2.24, 2.45) is 17.2 Å². The molecule has 10 N–H and O–H groups in total. The Balaban J connectivity index is -0.000000322. The number of unbranched alkanes of at least 4 members (excludes halogenated alkanes) is 8. The summed E-state index contributed by atoms with van der Waals surface area (Å²) in [5.41, 5.74) is 15.4. The van der Waals surface area contributed by atoms with Crippen LogP contribution in [0.3, 0.4) is 0 Å². The van der Waals surface area contributed by atoms with E-state index in [1.807, 2.05) is 0 Å². The first-order chi connectivity index (χ1) is 12.8. The number of rotatable bonds is 15. The van der Waals surface area contributed by atoms with Gasteiger partial charge < -0.3 is 22.3 Å². The van der Waals surface area contributed by atoms with Crippen molar-refractivity contribution in [2.45, 2.75) is 104 Å². The SMILES string of the molecule is CCCCCC(=N)N.CCCCCCC(=N)N.N=C(N)CCCCCCO. The molecular formula is C20H46N6O. The minimum Gasteiger partial charge on any atom is -0.396 e. The second-order valence-electron chi connectivity index (χ2n) is 6.73. The minimum atomic E-state index is 0.268. The first-order valence-corrected chi connectivity index (χ1v) is 10.4. The molecule has 0 heterocycles. The number of hydrogen-bond acceptors (Lipinski definition) is 4. The van der Waals surface area contributed by atoms with Crippen LogP contribution >= 0.6 is 0 Å². The first-order valence-electron chi connectivity index (χ1n) is 10.4. The van der Waals surface area contributed by atoms with E-state index in [1.165, 1.54) is 32.1 Å². The Hall–Kier alpha value is -1.63. The van der Waals surface area contributed by atoms with Gasteiger partial charge in [0.25, 0.3) is 0 Å². The van der Waals surface area contributed by atoms with Gasteiger partial charge in [0.2, 0.25) is 0 Å². The van der Waals surface area contributed by atoms with Crippen molar-refractivity contribution in [3.8, 4) is 0 Å². The Bertz CT molecular complexity index is 347. The van der Waals surface area contributed by atoms with Crippen LogP contribution in [0.15, 0.2) is 0 Å². The van der Waals surface area contributed by atoms with Gasteiger partial charge in [-0.1, -0.05) is 58.8 Å². The van der Waals surface area contributed by atoms with Crippen molar-refractivity contribution < 1.29 is 5.11 Å². The second-order valence-corrected chi connectivity index (χ2v) is 6.73. The van der Waals surface area contributed by atoms with Crippen molar-refractivity contribution >= 4 is 17.5 Å². The molecular weight excluding hydrogens is 340 g/mol. The number of aliphatic hydroxyl groups excluding tert-OH is 1. The van der Waals surface area contributed by atoms with E-state index in [9.17, 15) is 0 Å². The molecule has 0 amide bonds. The van der Waals surface area contributed by atoms with E-state index in [0.717, 1.165) is 51.4 Å². The summed E-state index contributed by atoms with van der Waals surface area (Å²) < 4.78 is 0. The van der Waals surface area contributed by atoms with Crippen LogP contribution in [-0.4, -0.2) is 29.2 Å². The Morgan fingerprint density at radius 1 is 0.556 bits per heavy atom. The van der Waals surface area contributed by atoms with Gasteiger partial charge in [0.05, 0.1) is 17.5 Å². The smallest absolute Gasteiger partial charge is 0.0905 e. The lowest BCUT2D eigenvalue weighted by Crippen LogP contribution is -2.08. The molecule has 162 valence electrons. The van der Waals surface area contributed by atoms with Crippen LogP contribution in [0, 0.1) is 16.2 Å². The highest BCUT2D eigenvalue weighted by Crippen LogP contribution is 2.01. The molecule has 0 saturated heterocycles. The third kappa shape index (κ3) is 45.5. The van der Waals surface area contributed by atoms with Crippen LogP contribution < -0.4 is 17.2 Å². The second kappa shape index (κ2) is 26.6. The maximum atomic E-state index is 8.41. The van der Waals surface area contributed by atoms with Crippen molar-refractivity contribution in [2.75, 3.05) is 6.61 Å². The third-order valence-electron chi connectivity index (χ3n) is 3.70. The lowest BCUT2D eigenvalue weighted by molar-refractivity contribution is 0.282.